The molecule has 0 saturated carbocycles. The van der Waals surface area contributed by atoms with E-state index >= 15 is 0 Å². The van der Waals surface area contributed by atoms with Gasteiger partial charge in [0.25, 0.3) is 11.8 Å². The largest absolute Gasteiger partial charge is 0.484 e. The molecule has 0 aromatic heterocycles. The second kappa shape index (κ2) is 11.1. The van der Waals surface area contributed by atoms with Crippen LogP contribution in [0.3, 0.4) is 0 Å². The molecule has 2 rings (SSSR count). The third-order valence-corrected chi connectivity index (χ3v) is 4.14. The lowest BCUT2D eigenvalue weighted by Crippen LogP contribution is -2.31. The highest BCUT2D eigenvalue weighted by Crippen LogP contribution is 2.20. The lowest BCUT2D eigenvalue weighted by Gasteiger charge is -2.13. The van der Waals surface area contributed by atoms with E-state index in [2.05, 4.69) is 22.5 Å². The summed E-state index contributed by atoms with van der Waals surface area (Å²) in [7, 11) is 0. The normalized spacial score (nSPS) is 10.2. The Morgan fingerprint density at radius 3 is 2.55 bits per heavy atom. The van der Waals surface area contributed by atoms with Gasteiger partial charge in [0, 0.05) is 31.7 Å². The summed E-state index contributed by atoms with van der Waals surface area (Å²) in [5, 5.41) is 7.44. The molecule has 2 aromatic carbocycles. The van der Waals surface area contributed by atoms with Gasteiger partial charge in [0.1, 0.15) is 17.4 Å². The summed E-state index contributed by atoms with van der Waals surface area (Å²) >= 11 is 5.57. The molecule has 0 atom stereocenters. The molecule has 10 heteroatoms. The third kappa shape index (κ3) is 7.71. The number of anilines is 1. The van der Waals surface area contributed by atoms with Gasteiger partial charge in [-0.15, -0.1) is 0 Å². The number of nitrogens with one attached hydrogen (secondary N) is 3. The standard InChI is InChI=1S/C21H20ClF2N3O4/c1-12(26-21(30)16-9-14(23)3-6-19(16)27-13(2)28)7-8-25-20(29)11-31-15-4-5-17(22)18(24)10-15/h3-6,9-10H,1,7-8,11H2,2H3,(H,25,29)(H,26,30)(H,27,28). The summed E-state index contributed by atoms with van der Waals surface area (Å²) in [6, 6.07) is 7.19. The van der Waals surface area contributed by atoms with Gasteiger partial charge in [0.05, 0.1) is 16.3 Å². The number of benzene rings is 2. The summed E-state index contributed by atoms with van der Waals surface area (Å²) in [5.74, 6) is -2.69. The zero-order valence-electron chi connectivity index (χ0n) is 16.6. The van der Waals surface area contributed by atoms with Gasteiger partial charge in [-0.1, -0.05) is 18.2 Å². The summed E-state index contributed by atoms with van der Waals surface area (Å²) in [6.07, 6.45) is 0.192. The Kier molecular flexibility index (Phi) is 8.51. The Hall–Kier alpha value is -3.46. The van der Waals surface area contributed by atoms with Gasteiger partial charge in [-0.25, -0.2) is 8.78 Å². The molecule has 0 aliphatic carbocycles. The lowest BCUT2D eigenvalue weighted by molar-refractivity contribution is -0.123. The van der Waals surface area contributed by atoms with Crippen LogP contribution < -0.4 is 20.7 Å². The smallest absolute Gasteiger partial charge is 0.257 e. The molecule has 0 radical (unpaired) electrons. The molecule has 0 heterocycles. The fourth-order valence-corrected chi connectivity index (χ4v) is 2.53. The van der Waals surface area contributed by atoms with E-state index in [1.165, 1.54) is 25.1 Å². The van der Waals surface area contributed by atoms with E-state index in [0.29, 0.717) is 0 Å². The van der Waals surface area contributed by atoms with Crippen molar-refractivity contribution in [3.05, 3.63) is 70.9 Å². The molecule has 3 amide bonds. The minimum atomic E-state index is -0.661. The van der Waals surface area contributed by atoms with Gasteiger partial charge in [0.15, 0.2) is 6.61 Å². The molecular formula is C21H20ClF2N3O4. The van der Waals surface area contributed by atoms with Gasteiger partial charge in [0.2, 0.25) is 5.91 Å². The average molecular weight is 452 g/mol. The highest BCUT2D eigenvalue weighted by molar-refractivity contribution is 6.30. The maximum absolute atomic E-state index is 13.5. The van der Waals surface area contributed by atoms with Crippen LogP contribution in [0.4, 0.5) is 14.5 Å². The van der Waals surface area contributed by atoms with E-state index in [1.54, 1.807) is 0 Å². The van der Waals surface area contributed by atoms with E-state index in [0.717, 1.165) is 18.2 Å². The fourth-order valence-electron chi connectivity index (χ4n) is 2.41. The summed E-state index contributed by atoms with van der Waals surface area (Å²) in [6.45, 7) is 4.75. The van der Waals surface area contributed by atoms with Crippen LogP contribution in [0.25, 0.3) is 0 Å². The van der Waals surface area contributed by atoms with Crippen LogP contribution in [-0.2, 0) is 9.59 Å². The molecule has 2 aromatic rings. The van der Waals surface area contributed by atoms with Crippen LogP contribution in [0.2, 0.25) is 5.02 Å². The first-order chi connectivity index (χ1) is 14.7. The highest BCUT2D eigenvalue weighted by atomic mass is 35.5. The predicted octanol–water partition coefficient (Wildman–Crippen LogP) is 3.41. The maximum Gasteiger partial charge on any atom is 0.257 e. The van der Waals surface area contributed by atoms with E-state index in [1.807, 2.05) is 0 Å². The second-order valence-electron chi connectivity index (χ2n) is 6.39. The molecule has 0 bridgehead atoms. The number of amides is 3. The van der Waals surface area contributed by atoms with Crippen LogP contribution in [0.5, 0.6) is 5.75 Å². The summed E-state index contributed by atoms with van der Waals surface area (Å²) in [5.41, 5.74) is 0.358. The molecular weight excluding hydrogens is 432 g/mol. The lowest BCUT2D eigenvalue weighted by atomic mass is 10.1. The number of halogens is 3. The van der Waals surface area contributed by atoms with Crippen molar-refractivity contribution in [3.8, 4) is 5.75 Å². The van der Waals surface area contributed by atoms with Crippen molar-refractivity contribution in [3.63, 3.8) is 0 Å². The zero-order valence-corrected chi connectivity index (χ0v) is 17.3. The van der Waals surface area contributed by atoms with Gasteiger partial charge in [-0.05, 0) is 30.3 Å². The molecule has 7 nitrogen and oxygen atoms in total. The van der Waals surface area contributed by atoms with E-state index in [-0.39, 0.29) is 47.3 Å². The van der Waals surface area contributed by atoms with Gasteiger partial charge in [-0.3, -0.25) is 14.4 Å². The summed E-state index contributed by atoms with van der Waals surface area (Å²) < 4.78 is 32.0. The summed E-state index contributed by atoms with van der Waals surface area (Å²) in [4.78, 5) is 35.5. The molecule has 0 fully saturated rings. The predicted molar refractivity (Wildman–Crippen MR) is 112 cm³/mol. The number of hydrogen-bond acceptors (Lipinski definition) is 4. The van der Waals surface area contributed by atoms with Crippen molar-refractivity contribution < 1.29 is 27.9 Å². The third-order valence-electron chi connectivity index (χ3n) is 3.84. The van der Waals surface area contributed by atoms with Crippen molar-refractivity contribution >= 4 is 35.0 Å². The maximum atomic E-state index is 13.5. The van der Waals surface area contributed by atoms with Crippen LogP contribution in [0.15, 0.2) is 48.7 Å². The van der Waals surface area contributed by atoms with Gasteiger partial charge in [-0.2, -0.15) is 0 Å². The minimum absolute atomic E-state index is 0.0557. The topological polar surface area (TPSA) is 96.5 Å². The SMILES string of the molecule is C=C(CCNC(=O)COc1ccc(Cl)c(F)c1)NC(=O)c1cc(F)ccc1NC(C)=O. The van der Waals surface area contributed by atoms with E-state index in [9.17, 15) is 23.2 Å². The molecule has 0 aliphatic heterocycles. The van der Waals surface area contributed by atoms with E-state index < -0.39 is 29.4 Å². The monoisotopic (exact) mass is 451 g/mol. The van der Waals surface area contributed by atoms with Crippen molar-refractivity contribution in [2.45, 2.75) is 13.3 Å². The Morgan fingerprint density at radius 2 is 1.87 bits per heavy atom. The number of ether oxygens (including phenoxy) is 1. The van der Waals surface area contributed by atoms with Crippen molar-refractivity contribution in [2.24, 2.45) is 0 Å². The quantitative estimate of drug-likeness (QED) is 0.544. The first-order valence-corrected chi connectivity index (χ1v) is 9.44. The number of hydrogen-bond donors (Lipinski definition) is 3. The van der Waals surface area contributed by atoms with Crippen molar-refractivity contribution in [1.82, 2.24) is 10.6 Å². The van der Waals surface area contributed by atoms with Crippen LogP contribution >= 0.6 is 11.6 Å². The number of carbonyl (C=O) groups excluding carboxylic acids is 3. The van der Waals surface area contributed by atoms with Gasteiger partial charge < -0.3 is 20.7 Å². The fraction of sp³-hybridized carbons (Fsp3) is 0.190. The molecule has 164 valence electrons. The van der Waals surface area contributed by atoms with Crippen LogP contribution in [0.1, 0.15) is 23.7 Å². The molecule has 31 heavy (non-hydrogen) atoms. The van der Waals surface area contributed by atoms with Gasteiger partial charge >= 0.3 is 0 Å². The second-order valence-corrected chi connectivity index (χ2v) is 6.80. The van der Waals surface area contributed by atoms with E-state index in [4.69, 9.17) is 16.3 Å². The van der Waals surface area contributed by atoms with Crippen LogP contribution in [0, 0.1) is 11.6 Å². The highest BCUT2D eigenvalue weighted by Gasteiger charge is 2.14. The first kappa shape index (κ1) is 23.8. The minimum Gasteiger partial charge on any atom is -0.484 e. The number of carbonyl (C=O) groups is 3. The Morgan fingerprint density at radius 1 is 1.13 bits per heavy atom. The Balaban J connectivity index is 1.79. The Bertz CT molecular complexity index is 1010. The van der Waals surface area contributed by atoms with Crippen molar-refractivity contribution in [1.29, 1.82) is 0 Å². The van der Waals surface area contributed by atoms with Crippen LogP contribution in [-0.4, -0.2) is 30.9 Å². The first-order valence-electron chi connectivity index (χ1n) is 9.06. The average Bonchev–Trinajstić information content (AvgIpc) is 2.69. The molecule has 0 unspecified atom stereocenters. The molecule has 0 aliphatic rings. The van der Waals surface area contributed by atoms with Crippen molar-refractivity contribution in [2.75, 3.05) is 18.5 Å². The zero-order chi connectivity index (χ0) is 23.0. The molecule has 0 saturated heterocycles. The molecule has 3 N–H and O–H groups in total. The number of rotatable bonds is 9. The molecule has 0 spiro atoms. The Labute approximate surface area is 182 Å².